The van der Waals surface area contributed by atoms with Gasteiger partial charge in [-0.2, -0.15) is 5.10 Å². The van der Waals surface area contributed by atoms with Crippen molar-refractivity contribution in [1.82, 2.24) is 9.78 Å². The van der Waals surface area contributed by atoms with Crippen molar-refractivity contribution in [1.29, 1.82) is 0 Å². The lowest BCUT2D eigenvalue weighted by atomic mass is 10.2. The third-order valence-corrected chi connectivity index (χ3v) is 3.27. The predicted octanol–water partition coefficient (Wildman–Crippen LogP) is 2.19. The first kappa shape index (κ1) is 17.7. The molecule has 0 unspecified atom stereocenters. The molecule has 0 aliphatic rings. The highest BCUT2D eigenvalue weighted by Gasteiger charge is 2.07. The summed E-state index contributed by atoms with van der Waals surface area (Å²) in [5, 5.41) is 7.22. The first-order chi connectivity index (χ1) is 11.6. The number of hydrogen-bond acceptors (Lipinski definition) is 4. The maximum atomic E-state index is 5.99. The van der Waals surface area contributed by atoms with Crippen molar-refractivity contribution in [2.75, 3.05) is 25.1 Å². The van der Waals surface area contributed by atoms with E-state index < -0.39 is 0 Å². The second kappa shape index (κ2) is 8.81. The summed E-state index contributed by atoms with van der Waals surface area (Å²) in [5.74, 6) is 1.81. The molecule has 0 bridgehead atoms. The van der Waals surface area contributed by atoms with Gasteiger partial charge in [-0.15, -0.1) is 0 Å². The van der Waals surface area contributed by atoms with E-state index in [2.05, 4.69) is 15.4 Å². The van der Waals surface area contributed by atoms with Crippen molar-refractivity contribution in [3.63, 3.8) is 0 Å². The first-order valence-corrected chi connectivity index (χ1v) is 8.06. The van der Waals surface area contributed by atoms with Crippen LogP contribution in [-0.4, -0.2) is 35.5 Å². The fourth-order valence-corrected chi connectivity index (χ4v) is 2.23. The molecule has 2 aromatic rings. The van der Waals surface area contributed by atoms with Crippen molar-refractivity contribution in [3.05, 3.63) is 36.2 Å². The molecule has 130 valence electrons. The second-order valence-electron chi connectivity index (χ2n) is 5.19. The largest absolute Gasteiger partial charge is 0.494 e. The van der Waals surface area contributed by atoms with Gasteiger partial charge in [-0.05, 0) is 38.0 Å². The average molecular weight is 331 g/mol. The zero-order valence-corrected chi connectivity index (χ0v) is 14.5. The Labute approximate surface area is 142 Å². The zero-order chi connectivity index (χ0) is 17.4. The number of aliphatic imine (C=N–C) groups is 1. The highest BCUT2D eigenvalue weighted by molar-refractivity contribution is 5.94. The molecule has 0 spiro atoms. The van der Waals surface area contributed by atoms with Crippen LogP contribution in [0.2, 0.25) is 0 Å². The topological polar surface area (TPSA) is 86.7 Å². The number of nitrogens with zero attached hydrogens (tertiary/aromatic N) is 3. The van der Waals surface area contributed by atoms with Crippen LogP contribution in [0.1, 0.15) is 19.4 Å². The minimum Gasteiger partial charge on any atom is -0.494 e. The van der Waals surface area contributed by atoms with Crippen molar-refractivity contribution in [3.8, 4) is 11.5 Å². The Morgan fingerprint density at radius 3 is 2.75 bits per heavy atom. The van der Waals surface area contributed by atoms with Crippen molar-refractivity contribution < 1.29 is 9.47 Å². The summed E-state index contributed by atoms with van der Waals surface area (Å²) in [6.07, 6.45) is 4.59. The maximum Gasteiger partial charge on any atom is 0.193 e. The number of ether oxygens (including phenoxy) is 2. The van der Waals surface area contributed by atoms with E-state index in [1.807, 2.05) is 51.5 Å². The lowest BCUT2D eigenvalue weighted by Gasteiger charge is -2.13. The van der Waals surface area contributed by atoms with Gasteiger partial charge in [0.1, 0.15) is 11.5 Å². The van der Waals surface area contributed by atoms with Gasteiger partial charge in [0, 0.05) is 25.9 Å². The summed E-state index contributed by atoms with van der Waals surface area (Å²) in [4.78, 5) is 4.35. The molecule has 0 amide bonds. The smallest absolute Gasteiger partial charge is 0.193 e. The van der Waals surface area contributed by atoms with Crippen LogP contribution in [0.5, 0.6) is 11.5 Å². The summed E-state index contributed by atoms with van der Waals surface area (Å²) >= 11 is 0. The molecule has 1 aromatic heterocycles. The van der Waals surface area contributed by atoms with E-state index in [0.717, 1.165) is 23.4 Å². The first-order valence-electron chi connectivity index (χ1n) is 8.06. The normalized spacial score (nSPS) is 11.4. The van der Waals surface area contributed by atoms with Gasteiger partial charge in [-0.3, -0.25) is 9.67 Å². The number of aryl methyl sites for hydroxylation is 1. The van der Waals surface area contributed by atoms with Crippen molar-refractivity contribution >= 4 is 11.6 Å². The van der Waals surface area contributed by atoms with E-state index in [4.69, 9.17) is 15.2 Å². The standard InChI is InChI=1S/C17H25N5O2/c1-4-23-14-6-7-16(24-5-2)15(10-14)21-17(18)19-9-8-13-11-20-22(3)12-13/h6-7,10-12H,4-5,8-9H2,1-3H3,(H3,18,19,21). The minimum atomic E-state index is 0.341. The molecule has 0 atom stereocenters. The number of anilines is 1. The molecule has 0 radical (unpaired) electrons. The Hall–Kier alpha value is -2.70. The molecule has 24 heavy (non-hydrogen) atoms. The predicted molar refractivity (Wildman–Crippen MR) is 95.8 cm³/mol. The van der Waals surface area contributed by atoms with Crippen LogP contribution >= 0.6 is 0 Å². The van der Waals surface area contributed by atoms with Crippen LogP contribution in [0.15, 0.2) is 35.6 Å². The molecule has 2 rings (SSSR count). The number of guanidine groups is 1. The molecule has 0 aliphatic carbocycles. The summed E-state index contributed by atoms with van der Waals surface area (Å²) in [6.45, 7) is 5.63. The van der Waals surface area contributed by atoms with E-state index in [0.29, 0.717) is 31.5 Å². The van der Waals surface area contributed by atoms with E-state index in [9.17, 15) is 0 Å². The molecule has 3 N–H and O–H groups in total. The maximum absolute atomic E-state index is 5.99. The SMILES string of the molecule is CCOc1ccc(OCC)c(NC(N)=NCCc2cnn(C)c2)c1. The number of nitrogens with one attached hydrogen (secondary N) is 1. The van der Waals surface area contributed by atoms with Crippen LogP contribution in [0, 0.1) is 0 Å². The molecular formula is C17H25N5O2. The van der Waals surface area contributed by atoms with Crippen molar-refractivity contribution in [2.45, 2.75) is 20.3 Å². The number of hydrogen-bond donors (Lipinski definition) is 2. The lowest BCUT2D eigenvalue weighted by Crippen LogP contribution is -2.23. The van der Waals surface area contributed by atoms with E-state index in [-0.39, 0.29) is 0 Å². The van der Waals surface area contributed by atoms with Gasteiger partial charge >= 0.3 is 0 Å². The monoisotopic (exact) mass is 331 g/mol. The Bertz CT molecular complexity index is 681. The summed E-state index contributed by atoms with van der Waals surface area (Å²) in [7, 11) is 1.89. The molecule has 1 aromatic carbocycles. The molecule has 7 heteroatoms. The van der Waals surface area contributed by atoms with Crippen LogP contribution in [0.25, 0.3) is 0 Å². The molecule has 1 heterocycles. The fraction of sp³-hybridized carbons (Fsp3) is 0.412. The summed E-state index contributed by atoms with van der Waals surface area (Å²) in [6, 6.07) is 5.59. The number of nitrogens with two attached hydrogens (primary N) is 1. The third-order valence-electron chi connectivity index (χ3n) is 3.27. The van der Waals surface area contributed by atoms with Gasteiger partial charge in [-0.25, -0.2) is 0 Å². The Morgan fingerprint density at radius 2 is 2.08 bits per heavy atom. The molecule has 0 saturated heterocycles. The quantitative estimate of drug-likeness (QED) is 0.572. The summed E-state index contributed by atoms with van der Waals surface area (Å²) in [5.41, 5.74) is 7.85. The summed E-state index contributed by atoms with van der Waals surface area (Å²) < 4.78 is 12.9. The number of benzene rings is 1. The van der Waals surface area contributed by atoms with Gasteiger partial charge in [0.25, 0.3) is 0 Å². The van der Waals surface area contributed by atoms with Gasteiger partial charge in [0.15, 0.2) is 5.96 Å². The third kappa shape index (κ3) is 5.19. The van der Waals surface area contributed by atoms with Crippen LogP contribution in [-0.2, 0) is 13.5 Å². The highest BCUT2D eigenvalue weighted by Crippen LogP contribution is 2.29. The Morgan fingerprint density at radius 1 is 1.29 bits per heavy atom. The second-order valence-corrected chi connectivity index (χ2v) is 5.19. The van der Waals surface area contributed by atoms with E-state index in [1.165, 1.54) is 0 Å². The molecule has 0 fully saturated rings. The minimum absolute atomic E-state index is 0.341. The van der Waals surface area contributed by atoms with Crippen LogP contribution in [0.4, 0.5) is 5.69 Å². The molecule has 7 nitrogen and oxygen atoms in total. The average Bonchev–Trinajstić information content (AvgIpc) is 2.96. The van der Waals surface area contributed by atoms with Crippen molar-refractivity contribution in [2.24, 2.45) is 17.8 Å². The lowest BCUT2D eigenvalue weighted by molar-refractivity contribution is 0.332. The fourth-order valence-electron chi connectivity index (χ4n) is 2.23. The molecular weight excluding hydrogens is 306 g/mol. The number of aromatic nitrogens is 2. The van der Waals surface area contributed by atoms with Gasteiger partial charge in [0.05, 0.1) is 25.1 Å². The zero-order valence-electron chi connectivity index (χ0n) is 14.5. The van der Waals surface area contributed by atoms with E-state index in [1.54, 1.807) is 4.68 Å². The van der Waals surface area contributed by atoms with Gasteiger partial charge in [0.2, 0.25) is 0 Å². The molecule has 0 saturated carbocycles. The Balaban J connectivity index is 2.01. The highest BCUT2D eigenvalue weighted by atomic mass is 16.5. The Kier molecular flexibility index (Phi) is 6.48. The van der Waals surface area contributed by atoms with E-state index >= 15 is 0 Å². The van der Waals surface area contributed by atoms with Gasteiger partial charge in [-0.1, -0.05) is 0 Å². The van der Waals surface area contributed by atoms with Gasteiger partial charge < -0.3 is 20.5 Å². The van der Waals surface area contributed by atoms with Crippen LogP contribution in [0.3, 0.4) is 0 Å². The molecule has 0 aliphatic heterocycles. The number of rotatable bonds is 8. The van der Waals surface area contributed by atoms with Crippen LogP contribution < -0.4 is 20.5 Å².